The molecule has 1 N–H and O–H groups in total. The first-order valence-electron chi connectivity index (χ1n) is 7.96. The standard InChI is InChI=1S/C18H27NO2/c1-12(2)16-10-5-13(3)11-17(16)18(20)19-14-6-8-15(21-4)9-7-14/h6-9,12-13,16-17H,5,10-11H2,1-4H3,(H,19,20)/t13-,16+,17-/m1/s1. The van der Waals surface area contributed by atoms with Gasteiger partial charge in [0.15, 0.2) is 0 Å². The molecule has 2 rings (SSSR count). The van der Waals surface area contributed by atoms with Gasteiger partial charge in [-0.05, 0) is 54.9 Å². The van der Waals surface area contributed by atoms with Crippen molar-refractivity contribution in [1.82, 2.24) is 0 Å². The maximum atomic E-state index is 12.6. The van der Waals surface area contributed by atoms with Crippen molar-refractivity contribution in [2.45, 2.75) is 40.0 Å². The van der Waals surface area contributed by atoms with Gasteiger partial charge in [-0.15, -0.1) is 0 Å². The molecule has 0 heterocycles. The largest absolute Gasteiger partial charge is 0.497 e. The Kier molecular flexibility index (Phi) is 5.27. The molecular weight excluding hydrogens is 262 g/mol. The van der Waals surface area contributed by atoms with Gasteiger partial charge in [-0.3, -0.25) is 4.79 Å². The Hall–Kier alpha value is -1.51. The maximum absolute atomic E-state index is 12.6. The molecule has 0 unspecified atom stereocenters. The average Bonchev–Trinajstić information content (AvgIpc) is 2.47. The molecule has 1 amide bonds. The summed E-state index contributed by atoms with van der Waals surface area (Å²) in [5, 5.41) is 3.07. The van der Waals surface area contributed by atoms with Gasteiger partial charge < -0.3 is 10.1 Å². The Morgan fingerprint density at radius 3 is 2.48 bits per heavy atom. The first-order chi connectivity index (χ1) is 10.0. The predicted octanol–water partition coefficient (Wildman–Crippen LogP) is 4.34. The van der Waals surface area contributed by atoms with E-state index in [4.69, 9.17) is 4.74 Å². The number of rotatable bonds is 4. The summed E-state index contributed by atoms with van der Waals surface area (Å²) in [6.45, 7) is 6.72. The van der Waals surface area contributed by atoms with E-state index in [9.17, 15) is 4.79 Å². The minimum atomic E-state index is 0.135. The van der Waals surface area contributed by atoms with Gasteiger partial charge >= 0.3 is 0 Å². The lowest BCUT2D eigenvalue weighted by atomic mass is 9.70. The van der Waals surface area contributed by atoms with Crippen molar-refractivity contribution in [2.24, 2.45) is 23.7 Å². The highest BCUT2D eigenvalue weighted by molar-refractivity contribution is 5.92. The van der Waals surface area contributed by atoms with Crippen molar-refractivity contribution in [3.8, 4) is 5.75 Å². The predicted molar refractivity (Wildman–Crippen MR) is 86.5 cm³/mol. The Bertz CT molecular complexity index is 467. The topological polar surface area (TPSA) is 38.3 Å². The molecule has 21 heavy (non-hydrogen) atoms. The zero-order chi connectivity index (χ0) is 15.4. The SMILES string of the molecule is COc1ccc(NC(=O)[C@@H]2C[C@H](C)CC[C@H]2C(C)C)cc1. The zero-order valence-electron chi connectivity index (χ0n) is 13.6. The fraction of sp³-hybridized carbons (Fsp3) is 0.611. The summed E-state index contributed by atoms with van der Waals surface area (Å²) >= 11 is 0. The Balaban J connectivity index is 2.05. The number of benzene rings is 1. The van der Waals surface area contributed by atoms with Crippen LogP contribution in [0.1, 0.15) is 40.0 Å². The van der Waals surface area contributed by atoms with Crippen LogP contribution in [0.15, 0.2) is 24.3 Å². The van der Waals surface area contributed by atoms with E-state index in [1.54, 1.807) is 7.11 Å². The molecule has 0 aromatic heterocycles. The Morgan fingerprint density at radius 2 is 1.90 bits per heavy atom. The van der Waals surface area contributed by atoms with Crippen molar-refractivity contribution < 1.29 is 9.53 Å². The van der Waals surface area contributed by atoms with E-state index in [1.807, 2.05) is 24.3 Å². The number of hydrogen-bond donors (Lipinski definition) is 1. The molecule has 0 radical (unpaired) electrons. The Morgan fingerprint density at radius 1 is 1.24 bits per heavy atom. The van der Waals surface area contributed by atoms with Gasteiger partial charge in [0, 0.05) is 11.6 Å². The van der Waals surface area contributed by atoms with E-state index in [0.717, 1.165) is 17.9 Å². The summed E-state index contributed by atoms with van der Waals surface area (Å²) in [6.07, 6.45) is 3.42. The summed E-state index contributed by atoms with van der Waals surface area (Å²) in [4.78, 5) is 12.6. The van der Waals surface area contributed by atoms with E-state index >= 15 is 0 Å². The number of anilines is 1. The fourth-order valence-electron chi connectivity index (χ4n) is 3.41. The zero-order valence-corrected chi connectivity index (χ0v) is 13.6. The van der Waals surface area contributed by atoms with Crippen LogP contribution in [0.4, 0.5) is 5.69 Å². The van der Waals surface area contributed by atoms with Crippen LogP contribution in [-0.2, 0) is 4.79 Å². The summed E-state index contributed by atoms with van der Waals surface area (Å²) in [7, 11) is 1.64. The highest BCUT2D eigenvalue weighted by Gasteiger charge is 2.35. The molecule has 3 heteroatoms. The van der Waals surface area contributed by atoms with E-state index in [1.165, 1.54) is 12.8 Å². The minimum absolute atomic E-state index is 0.135. The third-order valence-electron chi connectivity index (χ3n) is 4.72. The van der Waals surface area contributed by atoms with Crippen molar-refractivity contribution >= 4 is 11.6 Å². The van der Waals surface area contributed by atoms with E-state index < -0.39 is 0 Å². The van der Waals surface area contributed by atoms with Crippen LogP contribution >= 0.6 is 0 Å². The molecule has 1 saturated carbocycles. The maximum Gasteiger partial charge on any atom is 0.227 e. The van der Waals surface area contributed by atoms with Gasteiger partial charge in [0.05, 0.1) is 7.11 Å². The quantitative estimate of drug-likeness (QED) is 0.895. The first-order valence-corrected chi connectivity index (χ1v) is 7.96. The summed E-state index contributed by atoms with van der Waals surface area (Å²) in [5.41, 5.74) is 0.849. The normalized spacial score (nSPS) is 25.7. The summed E-state index contributed by atoms with van der Waals surface area (Å²) in [5.74, 6) is 2.82. The molecule has 1 aromatic rings. The molecule has 0 saturated heterocycles. The lowest BCUT2D eigenvalue weighted by Crippen LogP contribution is -2.36. The minimum Gasteiger partial charge on any atom is -0.497 e. The van der Waals surface area contributed by atoms with Gasteiger partial charge in [0.25, 0.3) is 0 Å². The molecule has 116 valence electrons. The molecule has 0 spiro atoms. The molecule has 1 aliphatic rings. The van der Waals surface area contributed by atoms with Crippen molar-refractivity contribution in [1.29, 1.82) is 0 Å². The number of ether oxygens (including phenoxy) is 1. The lowest BCUT2D eigenvalue weighted by Gasteiger charge is -2.36. The second kappa shape index (κ2) is 6.97. The smallest absolute Gasteiger partial charge is 0.227 e. The molecule has 3 nitrogen and oxygen atoms in total. The monoisotopic (exact) mass is 289 g/mol. The molecular formula is C18H27NO2. The van der Waals surface area contributed by atoms with Crippen LogP contribution in [0, 0.1) is 23.7 Å². The van der Waals surface area contributed by atoms with Gasteiger partial charge in [-0.1, -0.05) is 27.2 Å². The summed E-state index contributed by atoms with van der Waals surface area (Å²) in [6, 6.07) is 7.54. The molecule has 1 aromatic carbocycles. The van der Waals surface area contributed by atoms with Crippen LogP contribution in [0.3, 0.4) is 0 Å². The van der Waals surface area contributed by atoms with Crippen molar-refractivity contribution in [2.75, 3.05) is 12.4 Å². The molecule has 1 fully saturated rings. The lowest BCUT2D eigenvalue weighted by molar-refractivity contribution is -0.123. The molecule has 3 atom stereocenters. The number of carbonyl (C=O) groups is 1. The van der Waals surface area contributed by atoms with Gasteiger partial charge in [0.2, 0.25) is 5.91 Å². The van der Waals surface area contributed by atoms with Gasteiger partial charge in [0.1, 0.15) is 5.75 Å². The van der Waals surface area contributed by atoms with E-state index in [2.05, 4.69) is 26.1 Å². The summed E-state index contributed by atoms with van der Waals surface area (Å²) < 4.78 is 5.14. The van der Waals surface area contributed by atoms with Gasteiger partial charge in [-0.25, -0.2) is 0 Å². The molecule has 0 aliphatic heterocycles. The second-order valence-electron chi connectivity index (χ2n) is 6.65. The van der Waals surface area contributed by atoms with Crippen molar-refractivity contribution in [3.63, 3.8) is 0 Å². The fourth-order valence-corrected chi connectivity index (χ4v) is 3.41. The highest BCUT2D eigenvalue weighted by atomic mass is 16.5. The van der Waals surface area contributed by atoms with Crippen LogP contribution in [0.25, 0.3) is 0 Å². The molecule has 1 aliphatic carbocycles. The third kappa shape index (κ3) is 3.99. The Labute approximate surface area is 128 Å². The van der Waals surface area contributed by atoms with Crippen LogP contribution in [0.2, 0.25) is 0 Å². The number of nitrogens with one attached hydrogen (secondary N) is 1. The third-order valence-corrected chi connectivity index (χ3v) is 4.72. The number of carbonyl (C=O) groups excluding carboxylic acids is 1. The molecule has 0 bridgehead atoms. The van der Waals surface area contributed by atoms with Crippen LogP contribution < -0.4 is 10.1 Å². The van der Waals surface area contributed by atoms with Crippen LogP contribution in [0.5, 0.6) is 5.75 Å². The second-order valence-corrected chi connectivity index (χ2v) is 6.65. The van der Waals surface area contributed by atoms with Gasteiger partial charge in [-0.2, -0.15) is 0 Å². The first kappa shape index (κ1) is 15.9. The highest BCUT2D eigenvalue weighted by Crippen LogP contribution is 2.38. The number of methoxy groups -OCH3 is 1. The number of amides is 1. The van der Waals surface area contributed by atoms with Crippen LogP contribution in [-0.4, -0.2) is 13.0 Å². The van der Waals surface area contributed by atoms with E-state index in [0.29, 0.717) is 17.8 Å². The average molecular weight is 289 g/mol. The van der Waals surface area contributed by atoms with E-state index in [-0.39, 0.29) is 11.8 Å². The van der Waals surface area contributed by atoms with Crippen molar-refractivity contribution in [3.05, 3.63) is 24.3 Å². The number of hydrogen-bond acceptors (Lipinski definition) is 2.